The van der Waals surface area contributed by atoms with Crippen LogP contribution in [0.3, 0.4) is 0 Å². The Morgan fingerprint density at radius 2 is 2.04 bits per heavy atom. The molecule has 0 spiro atoms. The van der Waals surface area contributed by atoms with Crippen LogP contribution in [0.2, 0.25) is 0 Å². The molecule has 0 fully saturated rings. The Balaban J connectivity index is 2.33. The molecular formula is C18H19FN2O2S2. The maximum absolute atomic E-state index is 13.2. The lowest BCUT2D eigenvalue weighted by molar-refractivity contribution is 0.0529. The van der Waals surface area contributed by atoms with Crippen LogP contribution < -0.4 is 10.6 Å². The van der Waals surface area contributed by atoms with Gasteiger partial charge in [-0.3, -0.25) is 0 Å². The van der Waals surface area contributed by atoms with E-state index in [4.69, 9.17) is 17.0 Å². The van der Waals surface area contributed by atoms with Crippen LogP contribution in [-0.2, 0) is 4.74 Å². The van der Waals surface area contributed by atoms with Gasteiger partial charge in [0.1, 0.15) is 16.4 Å². The maximum Gasteiger partial charge on any atom is 0.341 e. The first-order valence-corrected chi connectivity index (χ1v) is 8.95. The molecule has 25 heavy (non-hydrogen) atoms. The van der Waals surface area contributed by atoms with E-state index in [-0.39, 0.29) is 12.4 Å². The fourth-order valence-electron chi connectivity index (χ4n) is 2.08. The molecule has 7 heteroatoms. The van der Waals surface area contributed by atoms with Crippen LogP contribution in [0.1, 0.15) is 24.2 Å². The molecule has 0 saturated carbocycles. The van der Waals surface area contributed by atoms with E-state index < -0.39 is 5.97 Å². The normalized spacial score (nSPS) is 10.2. The Bertz CT molecular complexity index is 785. The molecule has 0 bridgehead atoms. The van der Waals surface area contributed by atoms with Gasteiger partial charge in [-0.05, 0) is 43.8 Å². The lowest BCUT2D eigenvalue weighted by atomic mass is 10.0. The van der Waals surface area contributed by atoms with Crippen molar-refractivity contribution in [2.75, 3.05) is 18.5 Å². The highest BCUT2D eigenvalue weighted by atomic mass is 32.1. The Hall–Kier alpha value is -2.25. The fourth-order valence-corrected chi connectivity index (χ4v) is 3.28. The molecule has 0 amide bonds. The number of carbonyl (C=O) groups excluding carboxylic acids is 1. The summed E-state index contributed by atoms with van der Waals surface area (Å²) in [5, 5.41) is 8.83. The van der Waals surface area contributed by atoms with Crippen molar-refractivity contribution in [2.45, 2.75) is 13.8 Å². The monoisotopic (exact) mass is 378 g/mol. The lowest BCUT2D eigenvalue weighted by Crippen LogP contribution is -2.29. The molecule has 4 nitrogen and oxygen atoms in total. The number of benzene rings is 1. The third kappa shape index (κ3) is 5.11. The smallest absolute Gasteiger partial charge is 0.341 e. The van der Waals surface area contributed by atoms with Crippen LogP contribution in [0.5, 0.6) is 0 Å². The quantitative estimate of drug-likeness (QED) is 0.437. The van der Waals surface area contributed by atoms with Crippen LogP contribution in [0, 0.1) is 5.82 Å². The molecule has 0 radical (unpaired) electrons. The predicted octanol–water partition coefficient (Wildman–Crippen LogP) is 4.59. The van der Waals surface area contributed by atoms with Crippen molar-refractivity contribution < 1.29 is 13.9 Å². The van der Waals surface area contributed by atoms with Gasteiger partial charge in [-0.25, -0.2) is 9.18 Å². The summed E-state index contributed by atoms with van der Waals surface area (Å²) in [6.07, 6.45) is 0. The summed E-state index contributed by atoms with van der Waals surface area (Å²) in [5.74, 6) is -0.784. The fraction of sp³-hybridized carbons (Fsp3) is 0.222. The molecule has 1 aromatic heterocycles. The van der Waals surface area contributed by atoms with Gasteiger partial charge in [-0.1, -0.05) is 24.3 Å². The average molecular weight is 378 g/mol. The first-order valence-electron chi connectivity index (χ1n) is 7.66. The van der Waals surface area contributed by atoms with Crippen molar-refractivity contribution in [1.29, 1.82) is 0 Å². The van der Waals surface area contributed by atoms with Crippen molar-refractivity contribution in [3.05, 3.63) is 53.2 Å². The number of rotatable bonds is 6. The third-order valence-corrected chi connectivity index (χ3v) is 4.35. The highest BCUT2D eigenvalue weighted by Crippen LogP contribution is 2.36. The van der Waals surface area contributed by atoms with Gasteiger partial charge in [-0.2, -0.15) is 0 Å². The second kappa shape index (κ2) is 8.73. The number of anilines is 1. The van der Waals surface area contributed by atoms with Crippen molar-refractivity contribution in [3.8, 4) is 11.1 Å². The van der Waals surface area contributed by atoms with Gasteiger partial charge in [-0.15, -0.1) is 11.3 Å². The first kappa shape index (κ1) is 19.1. The predicted molar refractivity (Wildman–Crippen MR) is 105 cm³/mol. The second-order valence-electron chi connectivity index (χ2n) is 5.35. The Kier molecular flexibility index (Phi) is 6.66. The average Bonchev–Trinajstić information content (AvgIpc) is 2.97. The van der Waals surface area contributed by atoms with E-state index in [2.05, 4.69) is 17.2 Å². The van der Waals surface area contributed by atoms with Crippen molar-refractivity contribution in [2.24, 2.45) is 0 Å². The second-order valence-corrected chi connectivity index (χ2v) is 6.63. The van der Waals surface area contributed by atoms with Gasteiger partial charge < -0.3 is 15.4 Å². The summed E-state index contributed by atoms with van der Waals surface area (Å²) < 4.78 is 18.3. The number of halogens is 1. The van der Waals surface area contributed by atoms with Crippen LogP contribution in [0.4, 0.5) is 9.39 Å². The van der Waals surface area contributed by atoms with E-state index in [1.165, 1.54) is 23.5 Å². The van der Waals surface area contributed by atoms with E-state index in [1.807, 2.05) is 12.3 Å². The zero-order valence-corrected chi connectivity index (χ0v) is 15.7. The van der Waals surface area contributed by atoms with Gasteiger partial charge in [0.15, 0.2) is 5.11 Å². The summed E-state index contributed by atoms with van der Waals surface area (Å²) in [7, 11) is 0. The van der Waals surface area contributed by atoms with Gasteiger partial charge in [0.05, 0.1) is 6.61 Å². The molecule has 1 heterocycles. The molecular weight excluding hydrogens is 359 g/mol. The van der Waals surface area contributed by atoms with E-state index in [0.717, 1.165) is 11.1 Å². The van der Waals surface area contributed by atoms with Gasteiger partial charge >= 0.3 is 5.97 Å². The number of carbonyl (C=O) groups is 1. The molecule has 132 valence electrons. The van der Waals surface area contributed by atoms with E-state index in [1.54, 1.807) is 19.1 Å². The number of hydrogen-bond acceptors (Lipinski definition) is 4. The number of esters is 1. The molecule has 0 aliphatic heterocycles. The maximum atomic E-state index is 13.2. The Morgan fingerprint density at radius 3 is 2.64 bits per heavy atom. The van der Waals surface area contributed by atoms with Crippen molar-refractivity contribution >= 4 is 39.6 Å². The molecule has 0 unspecified atom stereocenters. The molecule has 1 aromatic carbocycles. The Morgan fingerprint density at radius 1 is 1.36 bits per heavy atom. The molecule has 0 aliphatic rings. The number of nitrogens with one attached hydrogen (secondary N) is 2. The van der Waals surface area contributed by atoms with Crippen LogP contribution in [0.15, 0.2) is 41.8 Å². The minimum absolute atomic E-state index is 0.259. The molecule has 0 atom stereocenters. The van der Waals surface area contributed by atoms with E-state index >= 15 is 0 Å². The molecule has 2 aromatic rings. The SMILES string of the molecule is C=C(C)CNC(=S)Nc1scc(-c2ccc(F)cc2)c1C(=O)OCC. The minimum atomic E-state index is -0.451. The zero-order valence-electron chi connectivity index (χ0n) is 14.0. The number of hydrogen-bond donors (Lipinski definition) is 2. The topological polar surface area (TPSA) is 50.4 Å². The van der Waals surface area contributed by atoms with Crippen LogP contribution in [0.25, 0.3) is 11.1 Å². The summed E-state index contributed by atoms with van der Waals surface area (Å²) >= 11 is 6.59. The molecule has 2 rings (SSSR count). The number of ether oxygens (including phenoxy) is 1. The highest BCUT2D eigenvalue weighted by molar-refractivity contribution is 7.80. The van der Waals surface area contributed by atoms with Gasteiger partial charge in [0, 0.05) is 17.5 Å². The van der Waals surface area contributed by atoms with Crippen molar-refractivity contribution in [1.82, 2.24) is 5.32 Å². The zero-order chi connectivity index (χ0) is 18.4. The van der Waals surface area contributed by atoms with Crippen LogP contribution >= 0.6 is 23.6 Å². The summed E-state index contributed by atoms with van der Waals surface area (Å²) in [6, 6.07) is 5.96. The van der Waals surface area contributed by atoms with Gasteiger partial charge in [0.2, 0.25) is 0 Å². The molecule has 0 saturated heterocycles. The summed E-state index contributed by atoms with van der Waals surface area (Å²) in [5.41, 5.74) is 2.73. The lowest BCUT2D eigenvalue weighted by Gasteiger charge is -2.11. The Labute approximate surface area is 155 Å². The number of thiophene rings is 1. The van der Waals surface area contributed by atoms with E-state index in [0.29, 0.717) is 27.8 Å². The number of thiocarbonyl (C=S) groups is 1. The standard InChI is InChI=1S/C18H19FN2O2S2/c1-4-23-17(22)15-14(12-5-7-13(19)8-6-12)10-25-16(15)21-18(24)20-9-11(2)3/h5-8,10H,2,4,9H2,1,3H3,(H2,20,21,24). The van der Waals surface area contributed by atoms with Crippen molar-refractivity contribution in [3.63, 3.8) is 0 Å². The van der Waals surface area contributed by atoms with Gasteiger partial charge in [0.25, 0.3) is 0 Å². The minimum Gasteiger partial charge on any atom is -0.462 e. The first-order chi connectivity index (χ1) is 11.9. The third-order valence-electron chi connectivity index (χ3n) is 3.20. The van der Waals surface area contributed by atoms with E-state index in [9.17, 15) is 9.18 Å². The highest BCUT2D eigenvalue weighted by Gasteiger charge is 2.22. The van der Waals surface area contributed by atoms with Crippen LogP contribution in [-0.4, -0.2) is 24.2 Å². The molecule has 0 aliphatic carbocycles. The molecule has 2 N–H and O–H groups in total. The largest absolute Gasteiger partial charge is 0.462 e. The summed E-state index contributed by atoms with van der Waals surface area (Å²) in [6.45, 7) is 8.23. The summed E-state index contributed by atoms with van der Waals surface area (Å²) in [4.78, 5) is 12.4.